The highest BCUT2D eigenvalue weighted by molar-refractivity contribution is 6.83. The maximum atomic E-state index is 10.5. The highest BCUT2D eigenvalue weighted by Gasteiger charge is 2.07. The Bertz CT molecular complexity index is 318. The first-order valence-electron chi connectivity index (χ1n) is 3.15. The quantitative estimate of drug-likeness (QED) is 0.580. The average Bonchev–Trinajstić information content (AvgIpc) is 2.04. The standard InChI is InChI=1S/C8H5Cl2NO/c9-6-3-1-5(2-4-6)7(11)8(10)12/h1-4,11H. The highest BCUT2D eigenvalue weighted by Crippen LogP contribution is 2.10. The Morgan fingerprint density at radius 3 is 2.17 bits per heavy atom. The fourth-order valence-corrected chi connectivity index (χ4v) is 0.965. The Balaban J connectivity index is 2.98. The maximum Gasteiger partial charge on any atom is 0.270 e. The van der Waals surface area contributed by atoms with Gasteiger partial charge in [-0.1, -0.05) is 23.7 Å². The largest absolute Gasteiger partial charge is 0.296 e. The Morgan fingerprint density at radius 2 is 1.75 bits per heavy atom. The number of rotatable bonds is 2. The summed E-state index contributed by atoms with van der Waals surface area (Å²) < 4.78 is 0. The molecular formula is C8H5Cl2NO. The maximum absolute atomic E-state index is 10.5. The Morgan fingerprint density at radius 1 is 1.25 bits per heavy atom. The molecule has 0 saturated heterocycles. The van der Waals surface area contributed by atoms with E-state index < -0.39 is 5.24 Å². The molecule has 0 unspecified atom stereocenters. The van der Waals surface area contributed by atoms with E-state index in [2.05, 4.69) is 0 Å². The van der Waals surface area contributed by atoms with Gasteiger partial charge in [0.2, 0.25) is 0 Å². The van der Waals surface area contributed by atoms with Crippen molar-refractivity contribution in [2.75, 3.05) is 0 Å². The Labute approximate surface area is 79.6 Å². The lowest BCUT2D eigenvalue weighted by molar-refractivity contribution is -0.106. The van der Waals surface area contributed by atoms with Crippen molar-refractivity contribution in [3.05, 3.63) is 34.9 Å². The normalized spacial score (nSPS) is 9.50. The summed E-state index contributed by atoms with van der Waals surface area (Å²) in [5, 5.41) is 7.03. The van der Waals surface area contributed by atoms with Gasteiger partial charge >= 0.3 is 0 Å². The zero-order valence-corrected chi connectivity index (χ0v) is 7.49. The minimum absolute atomic E-state index is 0.215. The van der Waals surface area contributed by atoms with Crippen molar-refractivity contribution in [3.63, 3.8) is 0 Å². The minimum atomic E-state index is -0.766. The van der Waals surface area contributed by atoms with E-state index in [0.717, 1.165) is 0 Å². The molecule has 12 heavy (non-hydrogen) atoms. The molecule has 0 radical (unpaired) electrons. The molecule has 4 heteroatoms. The van der Waals surface area contributed by atoms with Gasteiger partial charge in [0.05, 0.1) is 0 Å². The third-order valence-electron chi connectivity index (χ3n) is 1.33. The van der Waals surface area contributed by atoms with Crippen LogP contribution in [-0.2, 0) is 4.79 Å². The van der Waals surface area contributed by atoms with Crippen LogP contribution < -0.4 is 0 Å². The van der Waals surface area contributed by atoms with Crippen LogP contribution in [0.5, 0.6) is 0 Å². The van der Waals surface area contributed by atoms with Gasteiger partial charge in [-0.3, -0.25) is 10.2 Å². The lowest BCUT2D eigenvalue weighted by Crippen LogP contribution is -2.06. The van der Waals surface area contributed by atoms with Crippen LogP contribution in [0.3, 0.4) is 0 Å². The van der Waals surface area contributed by atoms with Crippen LogP contribution in [0.1, 0.15) is 5.56 Å². The fourth-order valence-electron chi connectivity index (χ4n) is 0.730. The van der Waals surface area contributed by atoms with Crippen LogP contribution in [0.2, 0.25) is 5.02 Å². The molecule has 0 bridgehead atoms. The third-order valence-corrected chi connectivity index (χ3v) is 1.77. The van der Waals surface area contributed by atoms with Gasteiger partial charge in [-0.2, -0.15) is 0 Å². The summed E-state index contributed by atoms with van der Waals surface area (Å²) in [5.74, 6) is 0. The number of carbonyl (C=O) groups excluding carboxylic acids is 1. The number of benzene rings is 1. The predicted molar refractivity (Wildman–Crippen MR) is 49.1 cm³/mol. The summed E-state index contributed by atoms with van der Waals surface area (Å²) in [6.07, 6.45) is 0. The van der Waals surface area contributed by atoms with Gasteiger partial charge in [0, 0.05) is 10.6 Å². The molecule has 0 aromatic heterocycles. The Kier molecular flexibility index (Phi) is 2.84. The summed E-state index contributed by atoms with van der Waals surface area (Å²) in [6.45, 7) is 0. The summed E-state index contributed by atoms with van der Waals surface area (Å²) >= 11 is 10.7. The second-order valence-corrected chi connectivity index (χ2v) is 2.94. The Hall–Kier alpha value is -0.860. The topological polar surface area (TPSA) is 40.9 Å². The van der Waals surface area contributed by atoms with Gasteiger partial charge in [-0.25, -0.2) is 0 Å². The molecule has 0 heterocycles. The molecule has 1 N–H and O–H groups in total. The number of hydrogen-bond acceptors (Lipinski definition) is 2. The monoisotopic (exact) mass is 201 g/mol. The molecule has 0 aliphatic carbocycles. The van der Waals surface area contributed by atoms with Gasteiger partial charge < -0.3 is 0 Å². The lowest BCUT2D eigenvalue weighted by atomic mass is 10.1. The van der Waals surface area contributed by atoms with Gasteiger partial charge in [-0.05, 0) is 23.7 Å². The predicted octanol–water partition coefficient (Wildman–Crippen LogP) is 2.47. The van der Waals surface area contributed by atoms with Crippen molar-refractivity contribution in [2.24, 2.45) is 0 Å². The van der Waals surface area contributed by atoms with Gasteiger partial charge in [0.1, 0.15) is 5.71 Å². The van der Waals surface area contributed by atoms with Crippen LogP contribution in [0.25, 0.3) is 0 Å². The third kappa shape index (κ3) is 2.06. The van der Waals surface area contributed by atoms with Gasteiger partial charge in [-0.15, -0.1) is 0 Å². The molecule has 1 aromatic carbocycles. The molecule has 1 aromatic rings. The zero-order chi connectivity index (χ0) is 9.14. The molecule has 0 spiro atoms. The van der Waals surface area contributed by atoms with Crippen molar-refractivity contribution in [1.29, 1.82) is 5.41 Å². The number of hydrogen-bond donors (Lipinski definition) is 1. The highest BCUT2D eigenvalue weighted by atomic mass is 35.5. The van der Waals surface area contributed by atoms with Crippen LogP contribution >= 0.6 is 23.2 Å². The van der Waals surface area contributed by atoms with Crippen molar-refractivity contribution in [1.82, 2.24) is 0 Å². The summed E-state index contributed by atoms with van der Waals surface area (Å²) in [4.78, 5) is 10.5. The van der Waals surface area contributed by atoms with Crippen LogP contribution in [0, 0.1) is 5.41 Å². The summed E-state index contributed by atoms with van der Waals surface area (Å²) in [5.41, 5.74) is 0.257. The summed E-state index contributed by atoms with van der Waals surface area (Å²) in [6, 6.07) is 6.35. The van der Waals surface area contributed by atoms with E-state index in [4.69, 9.17) is 28.6 Å². The van der Waals surface area contributed by atoms with Crippen molar-refractivity contribution in [2.45, 2.75) is 0 Å². The molecule has 0 aliphatic heterocycles. The molecule has 0 amide bonds. The lowest BCUT2D eigenvalue weighted by Gasteiger charge is -1.97. The van der Waals surface area contributed by atoms with E-state index in [1.54, 1.807) is 24.3 Å². The molecule has 0 aliphatic rings. The first kappa shape index (κ1) is 9.23. The second-order valence-electron chi connectivity index (χ2n) is 2.16. The molecule has 1 rings (SSSR count). The average molecular weight is 202 g/mol. The molecule has 0 fully saturated rings. The van der Waals surface area contributed by atoms with Crippen molar-refractivity contribution in [3.8, 4) is 0 Å². The number of halogens is 2. The van der Waals surface area contributed by atoms with Crippen LogP contribution in [0.4, 0.5) is 0 Å². The second kappa shape index (κ2) is 3.70. The molecule has 0 atom stereocenters. The van der Waals surface area contributed by atoms with E-state index in [-0.39, 0.29) is 5.71 Å². The molecule has 62 valence electrons. The van der Waals surface area contributed by atoms with Crippen molar-refractivity contribution >= 4 is 34.2 Å². The van der Waals surface area contributed by atoms with Crippen molar-refractivity contribution < 1.29 is 4.79 Å². The van der Waals surface area contributed by atoms with E-state index in [1.165, 1.54) is 0 Å². The van der Waals surface area contributed by atoms with E-state index in [0.29, 0.717) is 10.6 Å². The number of carbonyl (C=O) groups is 1. The number of nitrogens with one attached hydrogen (secondary N) is 1. The van der Waals surface area contributed by atoms with Crippen LogP contribution in [0.15, 0.2) is 24.3 Å². The van der Waals surface area contributed by atoms with Gasteiger partial charge in [0.15, 0.2) is 0 Å². The minimum Gasteiger partial charge on any atom is -0.296 e. The van der Waals surface area contributed by atoms with E-state index in [1.807, 2.05) is 0 Å². The van der Waals surface area contributed by atoms with Crippen LogP contribution in [-0.4, -0.2) is 11.0 Å². The van der Waals surface area contributed by atoms with E-state index in [9.17, 15) is 4.79 Å². The summed E-state index contributed by atoms with van der Waals surface area (Å²) in [7, 11) is 0. The first-order chi connectivity index (χ1) is 5.61. The smallest absolute Gasteiger partial charge is 0.270 e. The SMILES string of the molecule is N=C(C(=O)Cl)c1ccc(Cl)cc1. The first-order valence-corrected chi connectivity index (χ1v) is 3.91. The van der Waals surface area contributed by atoms with Gasteiger partial charge in [0.25, 0.3) is 5.24 Å². The zero-order valence-electron chi connectivity index (χ0n) is 5.97. The van der Waals surface area contributed by atoms with E-state index >= 15 is 0 Å². The molecular weight excluding hydrogens is 197 g/mol. The molecule has 2 nitrogen and oxygen atoms in total. The fraction of sp³-hybridized carbons (Fsp3) is 0. The molecule has 0 saturated carbocycles.